The quantitative estimate of drug-likeness (QED) is 0.0475. The van der Waals surface area contributed by atoms with Crippen molar-refractivity contribution in [1.29, 1.82) is 0 Å². The van der Waals surface area contributed by atoms with Crippen LogP contribution in [0.25, 0.3) is 0 Å². The molecular formula is C36H59O17+. The first-order valence-corrected chi connectivity index (χ1v) is 19.3. The molecule has 16 atom stereocenters. The lowest BCUT2D eigenvalue weighted by atomic mass is 9.73. The molecule has 0 radical (unpaired) electrons. The van der Waals surface area contributed by atoms with Crippen LogP contribution in [0.5, 0.6) is 0 Å². The Bertz CT molecular complexity index is 1180. The van der Waals surface area contributed by atoms with Crippen molar-refractivity contribution in [1.82, 2.24) is 0 Å². The number of allylic oxidation sites excluding steroid dienone is 1. The van der Waals surface area contributed by atoms with Gasteiger partial charge in [-0.25, -0.2) is 4.79 Å². The number of hydrogen-bond acceptors (Lipinski definition) is 16. The molecule has 6 unspecified atom stereocenters. The molecule has 6 fully saturated rings. The van der Waals surface area contributed by atoms with Crippen LogP contribution < -0.4 is 0 Å². The first-order chi connectivity index (χ1) is 25.4. The molecule has 0 spiro atoms. The lowest BCUT2D eigenvalue weighted by molar-refractivity contribution is -0.373. The second-order valence-electron chi connectivity index (χ2n) is 15.8. The highest BCUT2D eigenvalue weighted by molar-refractivity contribution is 5.81. The number of fused-ring (bicyclic) bond motifs is 1. The number of aliphatic hydroxyl groups is 11. The maximum absolute atomic E-state index is 12.3. The summed E-state index contributed by atoms with van der Waals surface area (Å²) in [6, 6.07) is 0. The smallest absolute Gasteiger partial charge is 0.365 e. The molecule has 17 nitrogen and oxygen atoms in total. The second-order valence-corrected chi connectivity index (χ2v) is 15.8. The predicted molar refractivity (Wildman–Crippen MR) is 179 cm³/mol. The van der Waals surface area contributed by atoms with E-state index in [0.29, 0.717) is 38.0 Å². The normalized spacial score (nSPS) is 47.3. The van der Waals surface area contributed by atoms with Gasteiger partial charge in [-0.05, 0) is 50.9 Å². The molecule has 0 amide bonds. The number of hydrogen-bond donors (Lipinski definition) is 9. The van der Waals surface area contributed by atoms with Gasteiger partial charge in [0.15, 0.2) is 24.8 Å². The summed E-state index contributed by atoms with van der Waals surface area (Å²) in [6.07, 6.45) is -7.22. The Morgan fingerprint density at radius 2 is 1.30 bits per heavy atom. The Morgan fingerprint density at radius 3 is 1.96 bits per heavy atom. The highest BCUT2D eigenvalue weighted by atomic mass is 17.2. The lowest BCUT2D eigenvalue weighted by Gasteiger charge is -2.50. The first kappa shape index (κ1) is 41.2. The highest BCUT2D eigenvalue weighted by Gasteiger charge is 2.56. The van der Waals surface area contributed by atoms with Crippen LogP contribution in [0.15, 0.2) is 12.2 Å². The Labute approximate surface area is 308 Å². The van der Waals surface area contributed by atoms with Gasteiger partial charge in [-0.1, -0.05) is 25.3 Å². The van der Waals surface area contributed by atoms with Crippen LogP contribution in [-0.4, -0.2) is 168 Å². The van der Waals surface area contributed by atoms with Crippen molar-refractivity contribution in [3.63, 3.8) is 0 Å². The van der Waals surface area contributed by atoms with E-state index in [1.807, 2.05) is 0 Å². The molecule has 0 aromatic heterocycles. The Morgan fingerprint density at radius 1 is 0.679 bits per heavy atom. The number of ether oxygens (including phenoxy) is 5. The summed E-state index contributed by atoms with van der Waals surface area (Å²) in [5.74, 6) is -0.875. The number of carbonyl (C=O) groups excluding carboxylic acids is 1. The van der Waals surface area contributed by atoms with Crippen LogP contribution in [0.4, 0.5) is 0 Å². The average Bonchev–Trinajstić information content (AvgIpc) is 3.15. The third kappa shape index (κ3) is 9.95. The first-order valence-electron chi connectivity index (χ1n) is 19.3. The van der Waals surface area contributed by atoms with Crippen molar-refractivity contribution in [2.75, 3.05) is 13.2 Å². The highest BCUT2D eigenvalue weighted by Crippen LogP contribution is 2.44. The topological polar surface area (TPSA) is 267 Å². The molecule has 3 saturated carbocycles. The van der Waals surface area contributed by atoms with Gasteiger partial charge in [-0.15, -0.1) is 0 Å². The number of aliphatic hydroxyl groups excluding tert-OH is 9. The molecule has 0 aromatic carbocycles. The van der Waals surface area contributed by atoms with E-state index in [-0.39, 0.29) is 18.8 Å². The van der Waals surface area contributed by atoms with Crippen molar-refractivity contribution in [2.24, 2.45) is 17.8 Å². The molecule has 10 N–H and O–H groups in total. The molecule has 0 aromatic rings. The summed E-state index contributed by atoms with van der Waals surface area (Å²) >= 11 is 0. The van der Waals surface area contributed by atoms with Crippen LogP contribution in [0.2, 0.25) is 0 Å². The van der Waals surface area contributed by atoms with Gasteiger partial charge in [0.05, 0.1) is 30.8 Å². The van der Waals surface area contributed by atoms with Crippen molar-refractivity contribution in [2.45, 2.75) is 175 Å². The van der Waals surface area contributed by atoms with Gasteiger partial charge in [0, 0.05) is 24.8 Å². The minimum atomic E-state index is -1.70. The minimum absolute atomic E-state index is 0.0234. The maximum Gasteiger partial charge on any atom is 0.365 e. The molecule has 53 heavy (non-hydrogen) atoms. The van der Waals surface area contributed by atoms with Gasteiger partial charge in [0.2, 0.25) is 0 Å². The molecule has 0 bridgehead atoms. The molecule has 6 rings (SSSR count). The second kappa shape index (κ2) is 18.7. The minimum Gasteiger partial charge on any atom is -0.427 e. The fraction of sp³-hybridized carbons (Fsp3) is 0.917. The number of carbonyl (C=O) groups is 1. The fourth-order valence-electron chi connectivity index (χ4n) is 9.03. The molecule has 3 heterocycles. The average molecular weight is 764 g/mol. The van der Waals surface area contributed by atoms with E-state index in [9.17, 15) is 50.8 Å². The summed E-state index contributed by atoms with van der Waals surface area (Å²) in [6.45, 7) is -1.10. The van der Waals surface area contributed by atoms with Crippen molar-refractivity contribution in [3.05, 3.63) is 12.2 Å². The van der Waals surface area contributed by atoms with E-state index in [2.05, 4.69) is 0 Å². The largest absolute Gasteiger partial charge is 0.427 e. The zero-order chi connectivity index (χ0) is 37.8. The van der Waals surface area contributed by atoms with E-state index in [1.54, 1.807) is 6.08 Å². The lowest BCUT2D eigenvalue weighted by Crippen LogP contribution is -2.64. The summed E-state index contributed by atoms with van der Waals surface area (Å²) in [4.78, 5) is 22.2. The summed E-state index contributed by atoms with van der Waals surface area (Å²) in [5.41, 5.74) is 0. The third-order valence-electron chi connectivity index (χ3n) is 12.1. The monoisotopic (exact) mass is 763 g/mol. The maximum atomic E-state index is 12.3. The fourth-order valence-corrected chi connectivity index (χ4v) is 9.03. The van der Waals surface area contributed by atoms with Crippen LogP contribution in [-0.2, 0) is 33.5 Å². The molecule has 3 saturated heterocycles. The van der Waals surface area contributed by atoms with Crippen molar-refractivity contribution >= 4 is 5.97 Å². The summed E-state index contributed by atoms with van der Waals surface area (Å²) < 4.78 is 29.3. The summed E-state index contributed by atoms with van der Waals surface area (Å²) in [5, 5.41) is 94.7. The SMILES string of the molecule is O=C(C=CC1CCCCC1)OOC[C@H]1O[C@@H](OC2CC3C(O[C@@H]4O[C@H](CO)[C@@H](O)[C@@H](O)[C@H]4O)CC(O)CC3[OH+]C2C2CCC(O)CC2)[C@H](O)[C@H](O)[C@@H]1O. The van der Waals surface area contributed by atoms with E-state index >= 15 is 0 Å². The zero-order valence-corrected chi connectivity index (χ0v) is 29.9. The summed E-state index contributed by atoms with van der Waals surface area (Å²) in [7, 11) is 0. The number of rotatable bonds is 11. The Hall–Kier alpha value is -1.39. The van der Waals surface area contributed by atoms with Crippen LogP contribution in [0, 0.1) is 17.8 Å². The van der Waals surface area contributed by atoms with E-state index in [0.717, 1.165) is 25.7 Å². The zero-order valence-electron chi connectivity index (χ0n) is 29.9. The van der Waals surface area contributed by atoms with E-state index in [4.69, 9.17) is 33.5 Å². The van der Waals surface area contributed by atoms with Gasteiger partial charge in [0.25, 0.3) is 0 Å². The molecule has 3 aliphatic heterocycles. The molecular weight excluding hydrogens is 704 g/mol. The third-order valence-corrected chi connectivity index (χ3v) is 12.1. The van der Waals surface area contributed by atoms with Crippen molar-refractivity contribution < 1.29 is 84.2 Å². The molecule has 304 valence electrons. The Balaban J connectivity index is 1.14. The van der Waals surface area contributed by atoms with Crippen LogP contribution in [0.3, 0.4) is 0 Å². The van der Waals surface area contributed by atoms with Crippen molar-refractivity contribution in [3.8, 4) is 0 Å². The van der Waals surface area contributed by atoms with Crippen LogP contribution >= 0.6 is 0 Å². The molecule has 6 aliphatic rings. The molecule has 17 heteroatoms. The van der Waals surface area contributed by atoms with Gasteiger partial charge in [0.1, 0.15) is 61.5 Å². The van der Waals surface area contributed by atoms with Crippen LogP contribution in [0.1, 0.15) is 77.0 Å². The Kier molecular flexibility index (Phi) is 14.6. The predicted octanol–water partition coefficient (Wildman–Crippen LogP) is -2.03. The van der Waals surface area contributed by atoms with Gasteiger partial charge in [-0.2, -0.15) is 4.89 Å². The van der Waals surface area contributed by atoms with Gasteiger partial charge < -0.3 is 69.6 Å². The van der Waals surface area contributed by atoms with Gasteiger partial charge >= 0.3 is 5.97 Å². The van der Waals surface area contributed by atoms with E-state index < -0.39 is 123 Å². The van der Waals surface area contributed by atoms with Gasteiger partial charge in [-0.3, -0.25) is 4.89 Å². The molecule has 3 aliphatic carbocycles. The standard InChI is InChI=1S/C36H58O17/c37-15-25-28(41)30(43)32(45)35(51-25)49-23-13-20(39)12-22-21(23)14-24(34(48-22)18-7-9-19(38)10-8-18)50-36-33(46)31(44)29(42)26(52-36)16-47-53-27(40)11-6-17-4-2-1-3-5-17/h6,11,17-26,28-39,41-46H,1-5,7-10,12-16H2/p+1/t18?,19?,20?,21?,22?,23?,24?,25-,26-,28-,29-,30-,31-,32-,33-,34?,35-,36-/m1/s1. The van der Waals surface area contributed by atoms with E-state index in [1.165, 1.54) is 12.5 Å².